The van der Waals surface area contributed by atoms with Gasteiger partial charge < -0.3 is 4.74 Å². The predicted molar refractivity (Wildman–Crippen MR) is 82.0 cm³/mol. The van der Waals surface area contributed by atoms with Crippen molar-refractivity contribution in [2.45, 2.75) is 37.0 Å². The molecule has 1 aromatic heterocycles. The lowest BCUT2D eigenvalue weighted by Gasteiger charge is -2.30. The van der Waals surface area contributed by atoms with E-state index in [1.807, 2.05) is 0 Å². The number of ketones is 1. The van der Waals surface area contributed by atoms with E-state index in [4.69, 9.17) is 4.74 Å². The standard InChI is InChI=1S/C14H19NO5S2/c1-10(16)11(2)20-14(17)12-5-7-15(8-6-12)22(18,19)13-4-3-9-21-13/h3-4,9,11-12H,5-8H2,1-2H3/t11-/m1/s1. The molecule has 8 heteroatoms. The van der Waals surface area contributed by atoms with Gasteiger partial charge in [-0.05, 0) is 38.1 Å². The Morgan fingerprint density at radius 1 is 1.36 bits per heavy atom. The van der Waals surface area contributed by atoms with Gasteiger partial charge in [0.1, 0.15) is 4.21 Å². The largest absolute Gasteiger partial charge is 0.454 e. The van der Waals surface area contributed by atoms with E-state index >= 15 is 0 Å². The smallest absolute Gasteiger partial charge is 0.309 e. The molecule has 0 amide bonds. The van der Waals surface area contributed by atoms with Gasteiger partial charge in [-0.15, -0.1) is 11.3 Å². The van der Waals surface area contributed by atoms with Crippen LogP contribution < -0.4 is 0 Å². The molecule has 122 valence electrons. The molecule has 1 atom stereocenters. The zero-order chi connectivity index (χ0) is 16.3. The lowest BCUT2D eigenvalue weighted by Crippen LogP contribution is -2.41. The first-order valence-electron chi connectivity index (χ1n) is 7.07. The summed E-state index contributed by atoms with van der Waals surface area (Å²) >= 11 is 1.18. The minimum atomic E-state index is -3.46. The summed E-state index contributed by atoms with van der Waals surface area (Å²) in [5.74, 6) is -0.974. The Bertz CT molecular complexity index is 630. The molecule has 1 aromatic rings. The predicted octanol–water partition coefficient (Wildman–Crippen LogP) is 1.67. The maximum atomic E-state index is 12.4. The van der Waals surface area contributed by atoms with Gasteiger partial charge in [0.2, 0.25) is 0 Å². The summed E-state index contributed by atoms with van der Waals surface area (Å²) < 4.78 is 31.5. The highest BCUT2D eigenvalue weighted by atomic mass is 32.2. The van der Waals surface area contributed by atoms with Gasteiger partial charge in [-0.1, -0.05) is 6.07 Å². The van der Waals surface area contributed by atoms with E-state index in [0.717, 1.165) is 0 Å². The molecular weight excluding hydrogens is 326 g/mol. The second kappa shape index (κ2) is 6.89. The molecule has 22 heavy (non-hydrogen) atoms. The monoisotopic (exact) mass is 345 g/mol. The highest BCUT2D eigenvalue weighted by Gasteiger charge is 2.33. The molecule has 1 fully saturated rings. The maximum Gasteiger partial charge on any atom is 0.309 e. The molecule has 0 saturated carbocycles. The van der Waals surface area contributed by atoms with Crippen LogP contribution in [0.15, 0.2) is 21.7 Å². The number of Topliss-reactive ketones (excluding diaryl/α,β-unsaturated/α-hetero) is 1. The third-order valence-electron chi connectivity index (χ3n) is 3.74. The average molecular weight is 345 g/mol. The minimum Gasteiger partial charge on any atom is -0.454 e. The number of thiophene rings is 1. The summed E-state index contributed by atoms with van der Waals surface area (Å²) in [6.07, 6.45) is 0.0719. The van der Waals surface area contributed by atoms with Gasteiger partial charge in [-0.2, -0.15) is 4.31 Å². The molecular formula is C14H19NO5S2. The quantitative estimate of drug-likeness (QED) is 0.758. The van der Waals surface area contributed by atoms with Crippen molar-refractivity contribution in [2.75, 3.05) is 13.1 Å². The Balaban J connectivity index is 1.93. The summed E-state index contributed by atoms with van der Waals surface area (Å²) in [5, 5.41) is 1.72. The Kier molecular flexibility index (Phi) is 5.36. The molecule has 1 aliphatic heterocycles. The van der Waals surface area contributed by atoms with Gasteiger partial charge in [0.15, 0.2) is 11.9 Å². The van der Waals surface area contributed by atoms with E-state index in [1.165, 1.54) is 29.5 Å². The van der Waals surface area contributed by atoms with Crippen molar-refractivity contribution in [1.82, 2.24) is 4.31 Å². The fraction of sp³-hybridized carbons (Fsp3) is 0.571. The summed E-state index contributed by atoms with van der Waals surface area (Å²) in [5.41, 5.74) is 0. The second-order valence-corrected chi connectivity index (χ2v) is 8.41. The molecule has 0 N–H and O–H groups in total. The molecule has 2 rings (SSSR count). The molecule has 0 spiro atoms. The van der Waals surface area contributed by atoms with Gasteiger partial charge in [-0.3, -0.25) is 9.59 Å². The topological polar surface area (TPSA) is 80.8 Å². The average Bonchev–Trinajstić information content (AvgIpc) is 3.02. The Morgan fingerprint density at radius 2 is 2.00 bits per heavy atom. The Hall–Kier alpha value is -1.25. The van der Waals surface area contributed by atoms with E-state index < -0.39 is 22.1 Å². The van der Waals surface area contributed by atoms with Gasteiger partial charge in [0.25, 0.3) is 10.0 Å². The zero-order valence-corrected chi connectivity index (χ0v) is 14.2. The van der Waals surface area contributed by atoms with Crippen molar-refractivity contribution in [3.8, 4) is 0 Å². The first-order chi connectivity index (χ1) is 10.3. The van der Waals surface area contributed by atoms with Crippen LogP contribution in [0.3, 0.4) is 0 Å². The van der Waals surface area contributed by atoms with Crippen LogP contribution in [0.1, 0.15) is 26.7 Å². The summed E-state index contributed by atoms with van der Waals surface area (Å²) in [7, 11) is -3.46. The van der Waals surface area contributed by atoms with Gasteiger partial charge >= 0.3 is 5.97 Å². The van der Waals surface area contributed by atoms with Crippen molar-refractivity contribution < 1.29 is 22.7 Å². The Labute approximate surface area is 134 Å². The molecule has 1 saturated heterocycles. The van der Waals surface area contributed by atoms with Crippen LogP contribution in [-0.4, -0.2) is 43.7 Å². The SMILES string of the molecule is CC(=O)[C@@H](C)OC(=O)C1CCN(S(=O)(=O)c2cccs2)CC1. The van der Waals surface area contributed by atoms with E-state index in [0.29, 0.717) is 17.1 Å². The van der Waals surface area contributed by atoms with Crippen LogP contribution in [0.25, 0.3) is 0 Å². The number of carbonyl (C=O) groups is 2. The van der Waals surface area contributed by atoms with Gasteiger partial charge in [0.05, 0.1) is 5.92 Å². The van der Waals surface area contributed by atoms with Crippen LogP contribution in [-0.2, 0) is 24.3 Å². The number of esters is 1. The first kappa shape index (κ1) is 17.1. The number of ether oxygens (including phenoxy) is 1. The highest BCUT2D eigenvalue weighted by Crippen LogP contribution is 2.27. The number of rotatable bonds is 5. The molecule has 0 aromatic carbocycles. The number of nitrogens with zero attached hydrogens (tertiary/aromatic N) is 1. The molecule has 0 unspecified atom stereocenters. The maximum absolute atomic E-state index is 12.4. The summed E-state index contributed by atoms with van der Waals surface area (Å²) in [6.45, 7) is 3.48. The third kappa shape index (κ3) is 3.74. The van der Waals surface area contributed by atoms with Gasteiger partial charge in [-0.25, -0.2) is 8.42 Å². The first-order valence-corrected chi connectivity index (χ1v) is 9.39. The fourth-order valence-electron chi connectivity index (χ4n) is 2.22. The minimum absolute atomic E-state index is 0.203. The molecule has 0 aliphatic carbocycles. The van der Waals surface area contributed by atoms with Crippen LogP contribution >= 0.6 is 11.3 Å². The number of sulfonamides is 1. The number of piperidine rings is 1. The van der Waals surface area contributed by atoms with Crippen molar-refractivity contribution in [3.63, 3.8) is 0 Å². The fourth-order valence-corrected chi connectivity index (χ4v) is 4.84. The molecule has 2 heterocycles. The third-order valence-corrected chi connectivity index (χ3v) is 7.01. The molecule has 0 radical (unpaired) electrons. The van der Waals surface area contributed by atoms with Gasteiger partial charge in [0, 0.05) is 13.1 Å². The van der Waals surface area contributed by atoms with Crippen LogP contribution in [0.5, 0.6) is 0 Å². The van der Waals surface area contributed by atoms with E-state index in [2.05, 4.69) is 0 Å². The summed E-state index contributed by atoms with van der Waals surface area (Å²) in [6, 6.07) is 3.28. The van der Waals surface area contributed by atoms with Crippen molar-refractivity contribution in [1.29, 1.82) is 0 Å². The Morgan fingerprint density at radius 3 is 2.50 bits per heavy atom. The van der Waals surface area contributed by atoms with Crippen molar-refractivity contribution >= 4 is 33.1 Å². The van der Waals surface area contributed by atoms with E-state index in [-0.39, 0.29) is 24.8 Å². The highest BCUT2D eigenvalue weighted by molar-refractivity contribution is 7.91. The molecule has 6 nitrogen and oxygen atoms in total. The zero-order valence-electron chi connectivity index (χ0n) is 12.5. The summed E-state index contributed by atoms with van der Waals surface area (Å²) in [4.78, 5) is 23.1. The molecule has 0 bridgehead atoms. The van der Waals surface area contributed by atoms with Crippen LogP contribution in [0.2, 0.25) is 0 Å². The van der Waals surface area contributed by atoms with E-state index in [1.54, 1.807) is 17.5 Å². The normalized spacial score (nSPS) is 18.8. The lowest BCUT2D eigenvalue weighted by molar-refractivity contribution is -0.158. The second-order valence-electron chi connectivity index (χ2n) is 5.30. The number of hydrogen-bond donors (Lipinski definition) is 0. The van der Waals surface area contributed by atoms with Crippen molar-refractivity contribution in [2.24, 2.45) is 5.92 Å². The van der Waals surface area contributed by atoms with Crippen LogP contribution in [0.4, 0.5) is 0 Å². The molecule has 1 aliphatic rings. The van der Waals surface area contributed by atoms with E-state index in [9.17, 15) is 18.0 Å². The lowest BCUT2D eigenvalue weighted by atomic mass is 9.98. The number of hydrogen-bond acceptors (Lipinski definition) is 6. The van der Waals surface area contributed by atoms with Crippen LogP contribution in [0, 0.1) is 5.92 Å². The number of carbonyl (C=O) groups excluding carboxylic acids is 2. The van der Waals surface area contributed by atoms with Crippen molar-refractivity contribution in [3.05, 3.63) is 17.5 Å².